The van der Waals surface area contributed by atoms with Crippen molar-refractivity contribution in [3.05, 3.63) is 42.3 Å². The predicted octanol–water partition coefficient (Wildman–Crippen LogP) is 4.04. The van der Waals surface area contributed by atoms with Crippen LogP contribution in [0.1, 0.15) is 38.3 Å². The Morgan fingerprint density at radius 1 is 1.00 bits per heavy atom. The summed E-state index contributed by atoms with van der Waals surface area (Å²) in [5.74, 6) is 0. The van der Waals surface area contributed by atoms with Crippen molar-refractivity contribution in [3.8, 4) is 0 Å². The predicted molar refractivity (Wildman–Crippen MR) is 63.3 cm³/mol. The van der Waals surface area contributed by atoms with Crippen LogP contribution in [0.25, 0.3) is 0 Å². The molecule has 1 aromatic carbocycles. The maximum Gasteiger partial charge on any atom is -0.0230 e. The van der Waals surface area contributed by atoms with E-state index in [1.54, 1.807) is 0 Å². The summed E-state index contributed by atoms with van der Waals surface area (Å²) >= 11 is 0. The summed E-state index contributed by atoms with van der Waals surface area (Å²) < 4.78 is 0. The molecule has 0 amide bonds. The zero-order valence-electron chi connectivity index (χ0n) is 9.64. The van der Waals surface area contributed by atoms with Gasteiger partial charge in [-0.1, -0.05) is 52.0 Å². The lowest BCUT2D eigenvalue weighted by Crippen LogP contribution is -2.08. The third kappa shape index (κ3) is 3.95. The van der Waals surface area contributed by atoms with E-state index in [1.807, 2.05) is 0 Å². The molecule has 0 unspecified atom stereocenters. The van der Waals surface area contributed by atoms with E-state index >= 15 is 0 Å². The van der Waals surface area contributed by atoms with E-state index in [2.05, 4.69) is 52.0 Å². The van der Waals surface area contributed by atoms with Gasteiger partial charge in [0.15, 0.2) is 0 Å². The van der Waals surface area contributed by atoms with Crippen LogP contribution in [0.4, 0.5) is 0 Å². The van der Waals surface area contributed by atoms with Crippen LogP contribution >= 0.6 is 0 Å². The summed E-state index contributed by atoms with van der Waals surface area (Å²) in [5, 5.41) is 0. The Bertz CT molecular complexity index is 261. The maximum atomic E-state index is 3.86. The van der Waals surface area contributed by atoms with Crippen LogP contribution in [0.3, 0.4) is 0 Å². The van der Waals surface area contributed by atoms with Crippen molar-refractivity contribution in [1.29, 1.82) is 0 Å². The third-order valence-electron chi connectivity index (χ3n) is 2.22. The molecule has 0 heterocycles. The molecule has 77 valence electrons. The molecule has 0 nitrogen and oxygen atoms in total. The molecule has 0 bridgehead atoms. The Morgan fingerprint density at radius 2 is 1.50 bits per heavy atom. The summed E-state index contributed by atoms with van der Waals surface area (Å²) in [6.07, 6.45) is 3.23. The molecule has 1 radical (unpaired) electrons. The molecular formula is C14H21. The Labute approximate surface area is 88.4 Å². The first-order valence-electron chi connectivity index (χ1n) is 5.38. The van der Waals surface area contributed by atoms with E-state index in [0.717, 1.165) is 19.3 Å². The van der Waals surface area contributed by atoms with Gasteiger partial charge >= 0.3 is 0 Å². The van der Waals surface area contributed by atoms with Gasteiger partial charge in [-0.05, 0) is 35.8 Å². The molecule has 0 heteroatoms. The van der Waals surface area contributed by atoms with Gasteiger partial charge in [0.1, 0.15) is 0 Å². The van der Waals surface area contributed by atoms with Gasteiger partial charge in [-0.15, -0.1) is 0 Å². The van der Waals surface area contributed by atoms with Gasteiger partial charge in [-0.25, -0.2) is 0 Å². The summed E-state index contributed by atoms with van der Waals surface area (Å²) in [6.45, 7) is 10.7. The molecule has 0 saturated heterocycles. The number of aryl methyl sites for hydroxylation is 1. The van der Waals surface area contributed by atoms with Crippen LogP contribution in [-0.2, 0) is 12.8 Å². The molecule has 0 N–H and O–H groups in total. The highest BCUT2D eigenvalue weighted by atomic mass is 14.2. The molecule has 0 aromatic heterocycles. The lowest BCUT2D eigenvalue weighted by atomic mass is 9.88. The van der Waals surface area contributed by atoms with E-state index in [4.69, 9.17) is 0 Å². The highest BCUT2D eigenvalue weighted by molar-refractivity contribution is 5.23. The fourth-order valence-electron chi connectivity index (χ4n) is 1.64. The minimum atomic E-state index is 0.383. The lowest BCUT2D eigenvalue weighted by molar-refractivity contribution is 0.411. The second kappa shape index (κ2) is 4.63. The van der Waals surface area contributed by atoms with Gasteiger partial charge in [-0.3, -0.25) is 0 Å². The van der Waals surface area contributed by atoms with Crippen molar-refractivity contribution in [2.45, 2.75) is 40.0 Å². The molecule has 0 aliphatic heterocycles. The van der Waals surface area contributed by atoms with Gasteiger partial charge in [0.05, 0.1) is 0 Å². The normalized spacial score (nSPS) is 11.7. The van der Waals surface area contributed by atoms with E-state index < -0.39 is 0 Å². The standard InChI is InChI=1S/C14H21/c1-5-6-12-7-9-13(10-8-12)11-14(2,3)4/h7-10H,1,5-6,11H2,2-4H3. The molecule has 0 atom stereocenters. The van der Waals surface area contributed by atoms with Gasteiger partial charge in [0.2, 0.25) is 0 Å². The van der Waals surface area contributed by atoms with Crippen molar-refractivity contribution < 1.29 is 0 Å². The van der Waals surface area contributed by atoms with E-state index in [-0.39, 0.29) is 0 Å². The van der Waals surface area contributed by atoms with Gasteiger partial charge in [0, 0.05) is 0 Å². The van der Waals surface area contributed by atoms with Crippen molar-refractivity contribution in [2.24, 2.45) is 5.41 Å². The Hall–Kier alpha value is -0.780. The summed E-state index contributed by atoms with van der Waals surface area (Å²) in [6, 6.07) is 8.95. The monoisotopic (exact) mass is 189 g/mol. The quantitative estimate of drug-likeness (QED) is 0.673. The molecule has 0 fully saturated rings. The van der Waals surface area contributed by atoms with Crippen molar-refractivity contribution >= 4 is 0 Å². The highest BCUT2D eigenvalue weighted by Crippen LogP contribution is 2.20. The summed E-state index contributed by atoms with van der Waals surface area (Å²) in [4.78, 5) is 0. The first kappa shape index (κ1) is 11.3. The molecule has 1 rings (SSSR count). The van der Waals surface area contributed by atoms with E-state index in [1.165, 1.54) is 11.1 Å². The van der Waals surface area contributed by atoms with Gasteiger partial charge in [-0.2, -0.15) is 0 Å². The highest BCUT2D eigenvalue weighted by Gasteiger charge is 2.10. The second-order valence-corrected chi connectivity index (χ2v) is 5.16. The molecular weight excluding hydrogens is 168 g/mol. The number of rotatable bonds is 3. The van der Waals surface area contributed by atoms with Crippen LogP contribution in [0.15, 0.2) is 24.3 Å². The smallest absolute Gasteiger partial charge is 0.0230 e. The minimum Gasteiger partial charge on any atom is -0.0599 e. The summed E-state index contributed by atoms with van der Waals surface area (Å²) in [5.41, 5.74) is 3.22. The zero-order chi connectivity index (χ0) is 10.6. The Balaban J connectivity index is 2.64. The number of hydrogen-bond acceptors (Lipinski definition) is 0. The minimum absolute atomic E-state index is 0.383. The number of benzene rings is 1. The molecule has 0 aliphatic rings. The van der Waals surface area contributed by atoms with Crippen molar-refractivity contribution in [1.82, 2.24) is 0 Å². The third-order valence-corrected chi connectivity index (χ3v) is 2.22. The zero-order valence-corrected chi connectivity index (χ0v) is 9.64. The lowest BCUT2D eigenvalue weighted by Gasteiger charge is -2.18. The van der Waals surface area contributed by atoms with Crippen LogP contribution < -0.4 is 0 Å². The fraction of sp³-hybridized carbons (Fsp3) is 0.500. The first-order chi connectivity index (χ1) is 6.51. The van der Waals surface area contributed by atoms with Gasteiger partial charge in [0.25, 0.3) is 0 Å². The SMILES string of the molecule is [CH2]CCc1ccc(CC(C)(C)C)cc1. The molecule has 0 aliphatic carbocycles. The number of hydrogen-bond donors (Lipinski definition) is 0. The topological polar surface area (TPSA) is 0 Å². The first-order valence-corrected chi connectivity index (χ1v) is 5.38. The Kier molecular flexibility index (Phi) is 3.74. The van der Waals surface area contributed by atoms with Crippen LogP contribution in [0, 0.1) is 12.3 Å². The van der Waals surface area contributed by atoms with E-state index in [0.29, 0.717) is 5.41 Å². The molecule has 14 heavy (non-hydrogen) atoms. The van der Waals surface area contributed by atoms with Crippen molar-refractivity contribution in [3.63, 3.8) is 0 Å². The second-order valence-electron chi connectivity index (χ2n) is 5.16. The van der Waals surface area contributed by atoms with Gasteiger partial charge < -0.3 is 0 Å². The summed E-state index contributed by atoms with van der Waals surface area (Å²) in [7, 11) is 0. The average molecular weight is 189 g/mol. The molecule has 0 spiro atoms. The maximum absolute atomic E-state index is 3.86. The molecule has 1 aromatic rings. The van der Waals surface area contributed by atoms with E-state index in [9.17, 15) is 0 Å². The average Bonchev–Trinajstić information content (AvgIpc) is 2.06. The Morgan fingerprint density at radius 3 is 1.93 bits per heavy atom. The van der Waals surface area contributed by atoms with Crippen molar-refractivity contribution in [2.75, 3.05) is 0 Å². The fourth-order valence-corrected chi connectivity index (χ4v) is 1.64. The van der Waals surface area contributed by atoms with Crippen LogP contribution in [-0.4, -0.2) is 0 Å². The van der Waals surface area contributed by atoms with Crippen LogP contribution in [0.2, 0.25) is 0 Å². The van der Waals surface area contributed by atoms with Crippen LogP contribution in [0.5, 0.6) is 0 Å². The molecule has 0 saturated carbocycles. The largest absolute Gasteiger partial charge is 0.0599 e.